The first-order valence-corrected chi connectivity index (χ1v) is 7.15. The van der Waals surface area contributed by atoms with E-state index in [9.17, 15) is 5.11 Å². The minimum atomic E-state index is -0.222. The van der Waals surface area contributed by atoms with Gasteiger partial charge in [-0.3, -0.25) is 0 Å². The van der Waals surface area contributed by atoms with Gasteiger partial charge in [-0.05, 0) is 45.3 Å². The minimum Gasteiger partial charge on any atom is -0.392 e. The predicted molar refractivity (Wildman–Crippen MR) is 75.3 cm³/mol. The van der Waals surface area contributed by atoms with Gasteiger partial charge in [-0.2, -0.15) is 0 Å². The molecule has 0 aromatic rings. The van der Waals surface area contributed by atoms with Crippen molar-refractivity contribution in [2.75, 3.05) is 26.2 Å². The maximum absolute atomic E-state index is 9.69. The molecule has 0 fully saturated rings. The summed E-state index contributed by atoms with van der Waals surface area (Å²) in [6, 6.07) is 0.499. The molecular weight excluding hydrogens is 212 g/mol. The quantitative estimate of drug-likeness (QED) is 0.618. The second-order valence-electron chi connectivity index (χ2n) is 5.29. The fraction of sp³-hybridized carbons (Fsp3) is 1.00. The third kappa shape index (κ3) is 8.58. The van der Waals surface area contributed by atoms with Gasteiger partial charge < -0.3 is 15.3 Å². The zero-order valence-corrected chi connectivity index (χ0v) is 12.4. The third-order valence-corrected chi connectivity index (χ3v) is 3.45. The number of hydrogen-bond donors (Lipinski definition) is 2. The highest BCUT2D eigenvalue weighted by Crippen LogP contribution is 2.02. The van der Waals surface area contributed by atoms with Gasteiger partial charge in [0.25, 0.3) is 0 Å². The van der Waals surface area contributed by atoms with Crippen LogP contribution < -0.4 is 5.32 Å². The van der Waals surface area contributed by atoms with Crippen LogP contribution in [0.2, 0.25) is 0 Å². The molecule has 0 aliphatic heterocycles. The van der Waals surface area contributed by atoms with Gasteiger partial charge in [-0.1, -0.05) is 27.7 Å². The Morgan fingerprint density at radius 1 is 1.12 bits per heavy atom. The van der Waals surface area contributed by atoms with Gasteiger partial charge >= 0.3 is 0 Å². The third-order valence-electron chi connectivity index (χ3n) is 3.45. The molecule has 2 N–H and O–H groups in total. The van der Waals surface area contributed by atoms with Crippen molar-refractivity contribution in [1.29, 1.82) is 0 Å². The van der Waals surface area contributed by atoms with Crippen LogP contribution >= 0.6 is 0 Å². The summed E-state index contributed by atoms with van der Waals surface area (Å²) in [4.78, 5) is 2.45. The monoisotopic (exact) mass is 244 g/mol. The SMILES string of the molecule is CCN(CC)CCCC(C)NCC(O)C(C)C. The molecule has 0 aromatic heterocycles. The zero-order valence-electron chi connectivity index (χ0n) is 12.4. The first kappa shape index (κ1) is 16.9. The molecule has 0 aliphatic carbocycles. The molecule has 0 aliphatic rings. The summed E-state index contributed by atoms with van der Waals surface area (Å²) >= 11 is 0. The Balaban J connectivity index is 3.55. The van der Waals surface area contributed by atoms with Crippen molar-refractivity contribution in [1.82, 2.24) is 10.2 Å². The van der Waals surface area contributed by atoms with E-state index in [-0.39, 0.29) is 6.10 Å². The van der Waals surface area contributed by atoms with Gasteiger partial charge in [0.15, 0.2) is 0 Å². The van der Waals surface area contributed by atoms with E-state index in [0.29, 0.717) is 18.5 Å². The van der Waals surface area contributed by atoms with Crippen LogP contribution in [0.25, 0.3) is 0 Å². The van der Waals surface area contributed by atoms with Crippen molar-refractivity contribution in [3.8, 4) is 0 Å². The largest absolute Gasteiger partial charge is 0.392 e. The van der Waals surface area contributed by atoms with Crippen LogP contribution in [-0.4, -0.2) is 48.3 Å². The van der Waals surface area contributed by atoms with Crippen molar-refractivity contribution in [2.24, 2.45) is 5.92 Å². The van der Waals surface area contributed by atoms with Crippen LogP contribution in [-0.2, 0) is 0 Å². The smallest absolute Gasteiger partial charge is 0.0687 e. The van der Waals surface area contributed by atoms with Gasteiger partial charge in [0, 0.05) is 12.6 Å². The summed E-state index contributed by atoms with van der Waals surface area (Å²) in [6.45, 7) is 14.9. The minimum absolute atomic E-state index is 0.222. The summed E-state index contributed by atoms with van der Waals surface area (Å²) in [5.74, 6) is 0.338. The summed E-state index contributed by atoms with van der Waals surface area (Å²) < 4.78 is 0. The van der Waals surface area contributed by atoms with Crippen LogP contribution in [0.15, 0.2) is 0 Å². The lowest BCUT2D eigenvalue weighted by atomic mass is 10.1. The lowest BCUT2D eigenvalue weighted by molar-refractivity contribution is 0.120. The highest BCUT2D eigenvalue weighted by atomic mass is 16.3. The molecule has 0 radical (unpaired) electrons. The van der Waals surface area contributed by atoms with Gasteiger partial charge in [0.1, 0.15) is 0 Å². The normalized spacial score (nSPS) is 15.5. The van der Waals surface area contributed by atoms with Crippen molar-refractivity contribution in [2.45, 2.75) is 59.6 Å². The summed E-state index contributed by atoms with van der Waals surface area (Å²) in [6.07, 6.45) is 2.19. The first-order chi connectivity index (χ1) is 8.01. The number of aliphatic hydroxyl groups excluding tert-OH is 1. The molecular formula is C14H32N2O. The average Bonchev–Trinajstić information content (AvgIpc) is 2.31. The number of hydrogen-bond acceptors (Lipinski definition) is 3. The van der Waals surface area contributed by atoms with E-state index in [1.807, 2.05) is 0 Å². The van der Waals surface area contributed by atoms with Gasteiger partial charge in [0.2, 0.25) is 0 Å². The molecule has 104 valence electrons. The van der Waals surface area contributed by atoms with E-state index in [1.165, 1.54) is 19.4 Å². The van der Waals surface area contributed by atoms with E-state index in [2.05, 4.69) is 44.8 Å². The Kier molecular flexibility index (Phi) is 9.79. The van der Waals surface area contributed by atoms with E-state index in [1.54, 1.807) is 0 Å². The van der Waals surface area contributed by atoms with Gasteiger partial charge in [-0.25, -0.2) is 0 Å². The van der Waals surface area contributed by atoms with Crippen LogP contribution in [0.4, 0.5) is 0 Å². The van der Waals surface area contributed by atoms with Crippen LogP contribution in [0.3, 0.4) is 0 Å². The molecule has 3 nitrogen and oxygen atoms in total. The van der Waals surface area contributed by atoms with Crippen molar-refractivity contribution >= 4 is 0 Å². The number of rotatable bonds is 10. The molecule has 17 heavy (non-hydrogen) atoms. The lowest BCUT2D eigenvalue weighted by Crippen LogP contribution is -2.36. The summed E-state index contributed by atoms with van der Waals surface area (Å²) in [7, 11) is 0. The Morgan fingerprint density at radius 2 is 1.71 bits per heavy atom. The highest BCUT2D eigenvalue weighted by Gasteiger charge is 2.10. The molecule has 0 rings (SSSR count). The molecule has 0 saturated heterocycles. The van der Waals surface area contributed by atoms with E-state index in [0.717, 1.165) is 13.1 Å². The summed E-state index contributed by atoms with van der Waals surface area (Å²) in [5, 5.41) is 13.1. The van der Waals surface area contributed by atoms with Crippen LogP contribution in [0.5, 0.6) is 0 Å². The maximum atomic E-state index is 9.69. The molecule has 2 unspecified atom stereocenters. The highest BCUT2D eigenvalue weighted by molar-refractivity contribution is 4.68. The van der Waals surface area contributed by atoms with Gasteiger partial charge in [-0.15, -0.1) is 0 Å². The van der Waals surface area contributed by atoms with Crippen molar-refractivity contribution in [3.05, 3.63) is 0 Å². The van der Waals surface area contributed by atoms with Crippen molar-refractivity contribution in [3.63, 3.8) is 0 Å². The standard InChI is InChI=1S/C14H32N2O/c1-6-16(7-2)10-8-9-13(5)15-11-14(17)12(3)4/h12-15,17H,6-11H2,1-5H3. The lowest BCUT2D eigenvalue weighted by Gasteiger charge is -2.21. The molecule has 2 atom stereocenters. The van der Waals surface area contributed by atoms with Crippen molar-refractivity contribution < 1.29 is 5.11 Å². The molecule has 3 heteroatoms. The van der Waals surface area contributed by atoms with Crippen LogP contribution in [0, 0.1) is 5.92 Å². The predicted octanol–water partition coefficient (Wildman–Crippen LogP) is 2.10. The van der Waals surface area contributed by atoms with E-state index >= 15 is 0 Å². The Morgan fingerprint density at radius 3 is 2.18 bits per heavy atom. The van der Waals surface area contributed by atoms with Crippen LogP contribution in [0.1, 0.15) is 47.5 Å². The fourth-order valence-electron chi connectivity index (χ4n) is 1.82. The summed E-state index contributed by atoms with van der Waals surface area (Å²) in [5.41, 5.74) is 0. The second-order valence-corrected chi connectivity index (χ2v) is 5.29. The topological polar surface area (TPSA) is 35.5 Å². The molecule has 0 saturated carbocycles. The molecule has 0 heterocycles. The second kappa shape index (κ2) is 9.86. The number of nitrogens with zero attached hydrogens (tertiary/aromatic N) is 1. The zero-order chi connectivity index (χ0) is 13.3. The Bertz CT molecular complexity index is 170. The number of nitrogens with one attached hydrogen (secondary N) is 1. The molecule has 0 spiro atoms. The Labute approximate surface area is 108 Å². The maximum Gasteiger partial charge on any atom is 0.0687 e. The molecule has 0 aromatic carbocycles. The fourth-order valence-corrected chi connectivity index (χ4v) is 1.82. The van der Waals surface area contributed by atoms with Gasteiger partial charge in [0.05, 0.1) is 6.10 Å². The molecule has 0 amide bonds. The van der Waals surface area contributed by atoms with E-state index < -0.39 is 0 Å². The average molecular weight is 244 g/mol. The first-order valence-electron chi connectivity index (χ1n) is 7.15. The Hall–Kier alpha value is -0.120. The molecule has 0 bridgehead atoms. The number of aliphatic hydroxyl groups is 1. The van der Waals surface area contributed by atoms with E-state index in [4.69, 9.17) is 0 Å².